The summed E-state index contributed by atoms with van der Waals surface area (Å²) >= 11 is 13.7. The van der Waals surface area contributed by atoms with Gasteiger partial charge in [-0.15, -0.1) is 18.2 Å². The molecule has 0 aliphatic heterocycles. The standard InChI is InChI=1S/C11H12Cl2N2S/c1-2-4-16-5-3-15-11-9(12)6-8(14)7-10(11)13/h1,6-7,15H,3-5,14H2. The highest BCUT2D eigenvalue weighted by Crippen LogP contribution is 2.32. The van der Waals surface area contributed by atoms with Gasteiger partial charge in [-0.2, -0.15) is 0 Å². The molecule has 0 bridgehead atoms. The Morgan fingerprint density at radius 3 is 2.56 bits per heavy atom. The lowest BCUT2D eigenvalue weighted by Gasteiger charge is -2.10. The summed E-state index contributed by atoms with van der Waals surface area (Å²) in [7, 11) is 0. The van der Waals surface area contributed by atoms with Crippen molar-refractivity contribution in [3.05, 3.63) is 22.2 Å². The van der Waals surface area contributed by atoms with Crippen LogP contribution < -0.4 is 11.1 Å². The fourth-order valence-electron chi connectivity index (χ4n) is 1.14. The molecule has 0 saturated heterocycles. The molecule has 0 saturated carbocycles. The van der Waals surface area contributed by atoms with Gasteiger partial charge in [-0.05, 0) is 12.1 Å². The molecule has 0 atom stereocenters. The van der Waals surface area contributed by atoms with Crippen molar-refractivity contribution in [3.63, 3.8) is 0 Å². The Labute approximate surface area is 110 Å². The van der Waals surface area contributed by atoms with Crippen molar-refractivity contribution >= 4 is 46.3 Å². The number of nitrogen functional groups attached to an aromatic ring is 1. The van der Waals surface area contributed by atoms with Crippen molar-refractivity contribution in [1.29, 1.82) is 0 Å². The molecular weight excluding hydrogens is 263 g/mol. The summed E-state index contributed by atoms with van der Waals surface area (Å²) in [5.41, 5.74) is 6.88. The Hall–Kier alpha value is -0.690. The van der Waals surface area contributed by atoms with Gasteiger partial charge in [0.2, 0.25) is 0 Å². The number of nitrogens with two attached hydrogens (primary N) is 1. The smallest absolute Gasteiger partial charge is 0.0720 e. The Kier molecular flexibility index (Phi) is 5.68. The second-order valence-corrected chi connectivity index (χ2v) is 4.96. The number of anilines is 2. The molecule has 5 heteroatoms. The van der Waals surface area contributed by atoms with Crippen LogP contribution in [0.3, 0.4) is 0 Å². The summed E-state index contributed by atoms with van der Waals surface area (Å²) in [5, 5.41) is 4.23. The molecule has 0 spiro atoms. The molecule has 86 valence electrons. The molecule has 0 aliphatic carbocycles. The highest BCUT2D eigenvalue weighted by atomic mass is 35.5. The van der Waals surface area contributed by atoms with Crippen LogP contribution in [0.5, 0.6) is 0 Å². The minimum Gasteiger partial charge on any atom is -0.399 e. The second kappa shape index (κ2) is 6.80. The van der Waals surface area contributed by atoms with Gasteiger partial charge in [0.25, 0.3) is 0 Å². The lowest BCUT2D eigenvalue weighted by atomic mass is 10.3. The SMILES string of the molecule is C#CCSCCNc1c(Cl)cc(N)cc1Cl. The molecule has 1 aromatic rings. The number of halogens is 2. The van der Waals surface area contributed by atoms with Crippen molar-refractivity contribution in [3.8, 4) is 12.3 Å². The average Bonchev–Trinajstić information content (AvgIpc) is 2.20. The third-order valence-corrected chi connectivity index (χ3v) is 3.26. The van der Waals surface area contributed by atoms with Crippen LogP contribution in [-0.4, -0.2) is 18.1 Å². The van der Waals surface area contributed by atoms with Gasteiger partial charge in [0.15, 0.2) is 0 Å². The van der Waals surface area contributed by atoms with Crippen LogP contribution in [0, 0.1) is 12.3 Å². The van der Waals surface area contributed by atoms with Crippen LogP contribution in [0.25, 0.3) is 0 Å². The van der Waals surface area contributed by atoms with Crippen LogP contribution in [0.4, 0.5) is 11.4 Å². The van der Waals surface area contributed by atoms with Gasteiger partial charge in [0, 0.05) is 18.0 Å². The molecule has 0 aromatic heterocycles. The van der Waals surface area contributed by atoms with Crippen molar-refractivity contribution in [2.75, 3.05) is 29.1 Å². The first kappa shape index (κ1) is 13.4. The van der Waals surface area contributed by atoms with Crippen LogP contribution >= 0.6 is 35.0 Å². The first-order valence-electron chi connectivity index (χ1n) is 4.64. The fraction of sp³-hybridized carbons (Fsp3) is 0.273. The molecule has 0 amide bonds. The molecule has 0 fully saturated rings. The predicted octanol–water partition coefficient (Wildman–Crippen LogP) is 3.35. The van der Waals surface area contributed by atoms with E-state index in [2.05, 4.69) is 11.2 Å². The number of rotatable bonds is 5. The van der Waals surface area contributed by atoms with Gasteiger partial charge in [-0.3, -0.25) is 0 Å². The van der Waals surface area contributed by atoms with Crippen LogP contribution in [0.2, 0.25) is 10.0 Å². The third kappa shape index (κ3) is 4.05. The van der Waals surface area contributed by atoms with E-state index in [1.807, 2.05) is 0 Å². The van der Waals surface area contributed by atoms with Crippen molar-refractivity contribution in [2.24, 2.45) is 0 Å². The lowest BCUT2D eigenvalue weighted by Crippen LogP contribution is -2.05. The maximum absolute atomic E-state index is 6.01. The summed E-state index contributed by atoms with van der Waals surface area (Å²) in [6, 6.07) is 3.34. The fourth-order valence-corrected chi connectivity index (χ4v) is 2.29. The van der Waals surface area contributed by atoms with E-state index in [0.29, 0.717) is 21.5 Å². The topological polar surface area (TPSA) is 38.0 Å². The largest absolute Gasteiger partial charge is 0.399 e. The molecule has 1 aromatic carbocycles. The van der Waals surface area contributed by atoms with E-state index in [1.54, 1.807) is 23.9 Å². The highest BCUT2D eigenvalue weighted by molar-refractivity contribution is 7.99. The monoisotopic (exact) mass is 274 g/mol. The van der Waals surface area contributed by atoms with Gasteiger partial charge in [-0.25, -0.2) is 0 Å². The van der Waals surface area contributed by atoms with Gasteiger partial charge in [-0.1, -0.05) is 29.1 Å². The van der Waals surface area contributed by atoms with E-state index < -0.39 is 0 Å². The molecule has 0 aliphatic rings. The van der Waals surface area contributed by atoms with E-state index in [-0.39, 0.29) is 0 Å². The number of nitrogens with one attached hydrogen (secondary N) is 1. The zero-order valence-electron chi connectivity index (χ0n) is 8.59. The summed E-state index contributed by atoms with van der Waals surface area (Å²) < 4.78 is 0. The number of hydrogen-bond acceptors (Lipinski definition) is 3. The molecule has 0 unspecified atom stereocenters. The summed E-state index contributed by atoms with van der Waals surface area (Å²) in [4.78, 5) is 0. The third-order valence-electron chi connectivity index (χ3n) is 1.80. The molecule has 1 rings (SSSR count). The minimum atomic E-state index is 0.534. The zero-order chi connectivity index (χ0) is 12.0. The quantitative estimate of drug-likeness (QED) is 0.491. The number of thioether (sulfide) groups is 1. The first-order valence-corrected chi connectivity index (χ1v) is 6.56. The predicted molar refractivity (Wildman–Crippen MR) is 75.5 cm³/mol. The molecule has 0 radical (unpaired) electrons. The maximum atomic E-state index is 6.01. The lowest BCUT2D eigenvalue weighted by molar-refractivity contribution is 1.23. The minimum absolute atomic E-state index is 0.534. The number of benzene rings is 1. The Bertz CT molecular complexity index is 378. The second-order valence-electron chi connectivity index (χ2n) is 3.04. The molecule has 2 nitrogen and oxygen atoms in total. The highest BCUT2D eigenvalue weighted by Gasteiger charge is 2.06. The Morgan fingerprint density at radius 1 is 1.38 bits per heavy atom. The van der Waals surface area contributed by atoms with E-state index in [4.69, 9.17) is 35.4 Å². The molecule has 0 heterocycles. The normalized spacial score (nSPS) is 9.81. The Morgan fingerprint density at radius 2 is 2.00 bits per heavy atom. The summed E-state index contributed by atoms with van der Waals surface area (Å²) in [6.45, 7) is 0.760. The molecule has 3 N–H and O–H groups in total. The van der Waals surface area contributed by atoms with Crippen molar-refractivity contribution in [2.45, 2.75) is 0 Å². The summed E-state index contributed by atoms with van der Waals surface area (Å²) in [6.07, 6.45) is 5.14. The van der Waals surface area contributed by atoms with Crippen LogP contribution in [0.15, 0.2) is 12.1 Å². The van der Waals surface area contributed by atoms with Crippen LogP contribution in [0.1, 0.15) is 0 Å². The van der Waals surface area contributed by atoms with E-state index in [0.717, 1.165) is 18.0 Å². The molecular formula is C11H12Cl2N2S. The van der Waals surface area contributed by atoms with E-state index in [1.165, 1.54) is 0 Å². The van der Waals surface area contributed by atoms with E-state index >= 15 is 0 Å². The zero-order valence-corrected chi connectivity index (χ0v) is 10.9. The van der Waals surface area contributed by atoms with Gasteiger partial charge < -0.3 is 11.1 Å². The maximum Gasteiger partial charge on any atom is 0.0720 e. The molecule has 16 heavy (non-hydrogen) atoms. The Balaban J connectivity index is 2.51. The number of hydrogen-bond donors (Lipinski definition) is 2. The average molecular weight is 275 g/mol. The van der Waals surface area contributed by atoms with E-state index in [9.17, 15) is 0 Å². The van der Waals surface area contributed by atoms with Gasteiger partial charge >= 0.3 is 0 Å². The van der Waals surface area contributed by atoms with Crippen molar-refractivity contribution < 1.29 is 0 Å². The van der Waals surface area contributed by atoms with Gasteiger partial charge in [0.1, 0.15) is 0 Å². The van der Waals surface area contributed by atoms with Gasteiger partial charge in [0.05, 0.1) is 21.5 Å². The van der Waals surface area contributed by atoms with Crippen LogP contribution in [-0.2, 0) is 0 Å². The number of terminal acetylenes is 1. The van der Waals surface area contributed by atoms with Crippen molar-refractivity contribution in [1.82, 2.24) is 0 Å². The first-order chi connectivity index (χ1) is 7.65. The summed E-state index contributed by atoms with van der Waals surface area (Å²) in [5.74, 6) is 4.18.